The van der Waals surface area contributed by atoms with Gasteiger partial charge in [0, 0.05) is 6.20 Å². The molecule has 0 radical (unpaired) electrons. The fourth-order valence-electron chi connectivity index (χ4n) is 0.591. The first kappa shape index (κ1) is 7.59. The van der Waals surface area contributed by atoms with Crippen LogP contribution in [0.3, 0.4) is 0 Å². The molecule has 1 aromatic rings. The summed E-state index contributed by atoms with van der Waals surface area (Å²) >= 11 is 0. The zero-order valence-electron chi connectivity index (χ0n) is 5.71. The van der Waals surface area contributed by atoms with E-state index in [1.54, 1.807) is 0 Å². The first-order valence-corrected chi connectivity index (χ1v) is 2.83. The number of hydrogen-bond acceptors (Lipinski definition) is 3. The Bertz CT molecular complexity index is 301. The number of nitrogens with zero attached hydrogens (tertiary/aromatic N) is 2. The highest BCUT2D eigenvalue weighted by Gasteiger charge is 2.12. The van der Waals surface area contributed by atoms with E-state index in [1.807, 2.05) is 0 Å². The number of carboxylic acids is 1. The van der Waals surface area contributed by atoms with Crippen molar-refractivity contribution >= 4 is 5.97 Å². The molecule has 1 heterocycles. The number of aryl methyl sites for hydroxylation is 1. The highest BCUT2D eigenvalue weighted by Crippen LogP contribution is 2.00. The molecule has 0 amide bonds. The SMILES string of the molecule is Cc1cnc(C(=O)O)c(F)n1. The van der Waals surface area contributed by atoms with Gasteiger partial charge in [-0.1, -0.05) is 0 Å². The maximum Gasteiger partial charge on any atom is 0.359 e. The number of rotatable bonds is 1. The van der Waals surface area contributed by atoms with Crippen molar-refractivity contribution in [1.29, 1.82) is 0 Å². The Labute approximate surface area is 61.7 Å². The van der Waals surface area contributed by atoms with E-state index >= 15 is 0 Å². The van der Waals surface area contributed by atoms with Crippen LogP contribution in [0, 0.1) is 12.9 Å². The third-order valence-corrected chi connectivity index (χ3v) is 1.05. The minimum absolute atomic E-state index is 0.354. The third kappa shape index (κ3) is 1.49. The maximum atomic E-state index is 12.5. The molecule has 11 heavy (non-hydrogen) atoms. The van der Waals surface area contributed by atoms with Crippen molar-refractivity contribution in [1.82, 2.24) is 9.97 Å². The Morgan fingerprint density at radius 1 is 1.73 bits per heavy atom. The van der Waals surface area contributed by atoms with Crippen LogP contribution in [-0.2, 0) is 0 Å². The van der Waals surface area contributed by atoms with Gasteiger partial charge in [-0.2, -0.15) is 4.39 Å². The lowest BCUT2D eigenvalue weighted by Gasteiger charge is -1.94. The second-order valence-electron chi connectivity index (χ2n) is 1.96. The minimum atomic E-state index is -1.41. The molecule has 1 rings (SSSR count). The van der Waals surface area contributed by atoms with Crippen LogP contribution in [0.1, 0.15) is 16.2 Å². The summed E-state index contributed by atoms with van der Waals surface area (Å²) in [6, 6.07) is 0. The van der Waals surface area contributed by atoms with Gasteiger partial charge in [0.25, 0.3) is 0 Å². The average molecular weight is 156 g/mol. The number of carbonyl (C=O) groups is 1. The van der Waals surface area contributed by atoms with Crippen LogP contribution in [0.25, 0.3) is 0 Å². The summed E-state index contributed by atoms with van der Waals surface area (Å²) in [6.07, 6.45) is 1.20. The molecule has 0 saturated heterocycles. The second kappa shape index (κ2) is 2.61. The van der Waals surface area contributed by atoms with Gasteiger partial charge in [-0.3, -0.25) is 0 Å². The van der Waals surface area contributed by atoms with Crippen LogP contribution in [-0.4, -0.2) is 21.0 Å². The van der Waals surface area contributed by atoms with E-state index in [-0.39, 0.29) is 0 Å². The fourth-order valence-corrected chi connectivity index (χ4v) is 0.591. The normalized spacial score (nSPS) is 9.64. The Morgan fingerprint density at radius 3 is 2.82 bits per heavy atom. The average Bonchev–Trinajstić information content (AvgIpc) is 1.85. The quantitative estimate of drug-likeness (QED) is 0.647. The Hall–Kier alpha value is -1.52. The minimum Gasteiger partial charge on any atom is -0.476 e. The molecule has 5 heteroatoms. The van der Waals surface area contributed by atoms with Crippen molar-refractivity contribution < 1.29 is 14.3 Å². The van der Waals surface area contributed by atoms with E-state index in [1.165, 1.54) is 13.1 Å². The van der Waals surface area contributed by atoms with E-state index in [0.29, 0.717) is 5.69 Å². The molecule has 0 fully saturated rings. The van der Waals surface area contributed by atoms with Gasteiger partial charge < -0.3 is 5.11 Å². The second-order valence-corrected chi connectivity index (χ2v) is 1.96. The van der Waals surface area contributed by atoms with Crippen molar-refractivity contribution in [2.75, 3.05) is 0 Å². The molecular weight excluding hydrogens is 151 g/mol. The molecule has 58 valence electrons. The molecule has 1 N–H and O–H groups in total. The molecule has 0 spiro atoms. The smallest absolute Gasteiger partial charge is 0.359 e. The standard InChI is InChI=1S/C6H5FN2O2/c1-3-2-8-4(6(10)11)5(7)9-3/h2H,1H3,(H,10,11). The highest BCUT2D eigenvalue weighted by atomic mass is 19.1. The lowest BCUT2D eigenvalue weighted by Crippen LogP contribution is -2.06. The van der Waals surface area contributed by atoms with Crippen LogP contribution in [0.4, 0.5) is 4.39 Å². The molecule has 0 aliphatic rings. The summed E-state index contributed by atoms with van der Waals surface area (Å²) in [5, 5.41) is 8.31. The highest BCUT2D eigenvalue weighted by molar-refractivity contribution is 5.85. The lowest BCUT2D eigenvalue weighted by atomic mass is 10.4. The van der Waals surface area contributed by atoms with Gasteiger partial charge in [0.05, 0.1) is 5.69 Å². The molecule has 0 saturated carbocycles. The molecule has 0 bridgehead atoms. The Kier molecular flexibility index (Phi) is 1.80. The Morgan fingerprint density at radius 2 is 2.36 bits per heavy atom. The van der Waals surface area contributed by atoms with Crippen LogP contribution in [0.5, 0.6) is 0 Å². The Balaban J connectivity index is 3.20. The van der Waals surface area contributed by atoms with E-state index in [9.17, 15) is 9.18 Å². The summed E-state index contributed by atoms with van der Waals surface area (Å²) in [4.78, 5) is 16.8. The summed E-state index contributed by atoms with van der Waals surface area (Å²) in [6.45, 7) is 1.53. The van der Waals surface area contributed by atoms with E-state index in [0.717, 1.165) is 0 Å². The number of aromatic nitrogens is 2. The van der Waals surface area contributed by atoms with Gasteiger partial charge in [-0.25, -0.2) is 14.8 Å². The lowest BCUT2D eigenvalue weighted by molar-refractivity contribution is 0.0683. The van der Waals surface area contributed by atoms with E-state index < -0.39 is 17.6 Å². The topological polar surface area (TPSA) is 63.1 Å². The fraction of sp³-hybridized carbons (Fsp3) is 0.167. The van der Waals surface area contributed by atoms with Gasteiger partial charge >= 0.3 is 5.97 Å². The van der Waals surface area contributed by atoms with Crippen molar-refractivity contribution in [2.24, 2.45) is 0 Å². The molecule has 4 nitrogen and oxygen atoms in total. The summed E-state index contributed by atoms with van der Waals surface area (Å²) < 4.78 is 12.5. The number of carboxylic acid groups (broad SMARTS) is 1. The summed E-state index contributed by atoms with van der Waals surface area (Å²) in [7, 11) is 0. The monoisotopic (exact) mass is 156 g/mol. The first-order chi connectivity index (χ1) is 5.11. The largest absolute Gasteiger partial charge is 0.476 e. The number of halogens is 1. The van der Waals surface area contributed by atoms with Crippen molar-refractivity contribution in [3.63, 3.8) is 0 Å². The molecule has 0 unspecified atom stereocenters. The summed E-state index contributed by atoms with van der Waals surface area (Å²) in [5.74, 6) is -2.45. The zero-order valence-corrected chi connectivity index (χ0v) is 5.71. The molecule has 0 aliphatic heterocycles. The summed E-state index contributed by atoms with van der Waals surface area (Å²) in [5.41, 5.74) is -0.289. The maximum absolute atomic E-state index is 12.5. The van der Waals surface area contributed by atoms with Crippen molar-refractivity contribution in [3.8, 4) is 0 Å². The van der Waals surface area contributed by atoms with E-state index in [4.69, 9.17) is 5.11 Å². The third-order valence-electron chi connectivity index (χ3n) is 1.05. The van der Waals surface area contributed by atoms with Gasteiger partial charge in [0.1, 0.15) is 0 Å². The van der Waals surface area contributed by atoms with Gasteiger partial charge in [-0.15, -0.1) is 0 Å². The van der Waals surface area contributed by atoms with Crippen LogP contribution in [0.15, 0.2) is 6.20 Å². The van der Waals surface area contributed by atoms with Crippen LogP contribution < -0.4 is 0 Å². The van der Waals surface area contributed by atoms with Crippen molar-refractivity contribution in [3.05, 3.63) is 23.5 Å². The molecular formula is C6H5FN2O2. The number of aromatic carboxylic acids is 1. The van der Waals surface area contributed by atoms with Gasteiger partial charge in [0.15, 0.2) is 0 Å². The molecule has 0 aliphatic carbocycles. The van der Waals surface area contributed by atoms with Gasteiger partial charge in [-0.05, 0) is 6.92 Å². The van der Waals surface area contributed by atoms with Crippen LogP contribution >= 0.6 is 0 Å². The molecule has 0 aromatic carbocycles. The first-order valence-electron chi connectivity index (χ1n) is 2.83. The van der Waals surface area contributed by atoms with Crippen LogP contribution in [0.2, 0.25) is 0 Å². The predicted octanol–water partition coefficient (Wildman–Crippen LogP) is 0.622. The zero-order chi connectivity index (χ0) is 8.43. The number of hydrogen-bond donors (Lipinski definition) is 1. The molecule has 0 atom stereocenters. The van der Waals surface area contributed by atoms with E-state index in [2.05, 4.69) is 9.97 Å². The molecule has 1 aromatic heterocycles. The van der Waals surface area contributed by atoms with Crippen molar-refractivity contribution in [2.45, 2.75) is 6.92 Å². The van der Waals surface area contributed by atoms with Gasteiger partial charge in [0.2, 0.25) is 11.6 Å². The predicted molar refractivity (Wildman–Crippen MR) is 33.7 cm³/mol.